The molecule has 2 rings (SSSR count). The van der Waals surface area contributed by atoms with Gasteiger partial charge in [-0.25, -0.2) is 4.79 Å². The van der Waals surface area contributed by atoms with Crippen LogP contribution in [0.25, 0.3) is 0 Å². The topological polar surface area (TPSA) is 41.1 Å². The molecule has 1 fully saturated rings. The number of nitrogens with one attached hydrogen (secondary N) is 2. The number of carbonyl (C=O) groups excluding carboxylic acids is 1. The first-order chi connectivity index (χ1) is 8.16. The summed E-state index contributed by atoms with van der Waals surface area (Å²) in [5, 5.41) is 6.40. The van der Waals surface area contributed by atoms with Gasteiger partial charge in [-0.3, -0.25) is 0 Å². The van der Waals surface area contributed by atoms with Crippen LogP contribution in [0.1, 0.15) is 18.4 Å². The van der Waals surface area contributed by atoms with Gasteiger partial charge in [-0.1, -0.05) is 29.8 Å². The minimum atomic E-state index is -0.226. The van der Waals surface area contributed by atoms with Crippen LogP contribution in [-0.2, 0) is 5.54 Å². The zero-order valence-electron chi connectivity index (χ0n) is 9.50. The predicted octanol–water partition coefficient (Wildman–Crippen LogP) is 2.81. The quantitative estimate of drug-likeness (QED) is 0.793. The largest absolute Gasteiger partial charge is 0.335 e. The number of hydrogen-bond acceptors (Lipinski definition) is 1. The van der Waals surface area contributed by atoms with Crippen molar-refractivity contribution in [2.45, 2.75) is 18.4 Å². The molecule has 1 aromatic rings. The summed E-state index contributed by atoms with van der Waals surface area (Å²) in [6, 6.07) is 7.47. The third-order valence-corrected chi connectivity index (χ3v) is 3.12. The van der Waals surface area contributed by atoms with Gasteiger partial charge in [0.2, 0.25) is 0 Å². The van der Waals surface area contributed by atoms with E-state index in [4.69, 9.17) is 11.6 Å². The summed E-state index contributed by atoms with van der Waals surface area (Å²) >= 11 is 5.96. The second-order valence-corrected chi connectivity index (χ2v) is 4.65. The van der Waals surface area contributed by atoms with Crippen LogP contribution in [0.2, 0.25) is 5.02 Å². The molecule has 0 unspecified atom stereocenters. The lowest BCUT2D eigenvalue weighted by Crippen LogP contribution is -2.42. The maximum atomic E-state index is 11.6. The normalized spacial score (nSPS) is 16.1. The minimum absolute atomic E-state index is 0.164. The Morgan fingerprint density at radius 1 is 1.53 bits per heavy atom. The molecule has 1 saturated carbocycles. The van der Waals surface area contributed by atoms with E-state index in [-0.39, 0.29) is 11.6 Å². The lowest BCUT2D eigenvalue weighted by molar-refractivity contribution is 0.237. The Morgan fingerprint density at radius 2 is 2.29 bits per heavy atom. The average Bonchev–Trinajstić information content (AvgIpc) is 3.07. The van der Waals surface area contributed by atoms with Gasteiger partial charge in [0.1, 0.15) is 0 Å². The van der Waals surface area contributed by atoms with E-state index in [2.05, 4.69) is 17.2 Å². The van der Waals surface area contributed by atoms with E-state index in [1.54, 1.807) is 6.08 Å². The van der Waals surface area contributed by atoms with Crippen molar-refractivity contribution in [3.8, 4) is 0 Å². The van der Waals surface area contributed by atoms with Gasteiger partial charge >= 0.3 is 6.03 Å². The van der Waals surface area contributed by atoms with Crippen molar-refractivity contribution >= 4 is 17.6 Å². The summed E-state index contributed by atoms with van der Waals surface area (Å²) in [6.07, 6.45) is 3.56. The Labute approximate surface area is 106 Å². The van der Waals surface area contributed by atoms with Crippen molar-refractivity contribution in [2.75, 3.05) is 6.54 Å². The van der Waals surface area contributed by atoms with E-state index in [9.17, 15) is 4.79 Å². The number of amides is 2. The van der Waals surface area contributed by atoms with E-state index >= 15 is 0 Å². The molecule has 0 heterocycles. The van der Waals surface area contributed by atoms with Crippen LogP contribution >= 0.6 is 11.6 Å². The highest BCUT2D eigenvalue weighted by Crippen LogP contribution is 2.45. The fourth-order valence-electron chi connectivity index (χ4n) is 1.82. The van der Waals surface area contributed by atoms with Crippen LogP contribution < -0.4 is 10.6 Å². The van der Waals surface area contributed by atoms with Gasteiger partial charge in [-0.2, -0.15) is 0 Å². The average molecular weight is 251 g/mol. The lowest BCUT2D eigenvalue weighted by Gasteiger charge is -2.18. The fraction of sp³-hybridized carbons (Fsp3) is 0.308. The zero-order chi connectivity index (χ0) is 12.3. The van der Waals surface area contributed by atoms with E-state index in [1.165, 1.54) is 0 Å². The molecule has 1 aromatic carbocycles. The van der Waals surface area contributed by atoms with Gasteiger partial charge in [-0.15, -0.1) is 6.58 Å². The second-order valence-electron chi connectivity index (χ2n) is 4.22. The Kier molecular flexibility index (Phi) is 3.38. The Morgan fingerprint density at radius 3 is 2.88 bits per heavy atom. The molecule has 17 heavy (non-hydrogen) atoms. The second kappa shape index (κ2) is 4.80. The molecule has 0 atom stereocenters. The smallest absolute Gasteiger partial charge is 0.315 e. The maximum Gasteiger partial charge on any atom is 0.315 e. The summed E-state index contributed by atoms with van der Waals surface area (Å²) in [7, 11) is 0. The fourth-order valence-corrected chi connectivity index (χ4v) is 2.01. The number of benzene rings is 1. The van der Waals surface area contributed by atoms with Crippen LogP contribution in [-0.4, -0.2) is 12.6 Å². The highest BCUT2D eigenvalue weighted by molar-refractivity contribution is 6.30. The molecule has 2 amide bonds. The highest BCUT2D eigenvalue weighted by atomic mass is 35.5. The first-order valence-corrected chi connectivity index (χ1v) is 5.97. The molecule has 4 heteroatoms. The highest BCUT2D eigenvalue weighted by Gasteiger charge is 2.45. The van der Waals surface area contributed by atoms with E-state index in [0.29, 0.717) is 11.6 Å². The Balaban J connectivity index is 2.04. The Bertz CT molecular complexity index is 441. The molecular formula is C13H15ClN2O. The third kappa shape index (κ3) is 2.80. The third-order valence-electron chi connectivity index (χ3n) is 2.89. The van der Waals surface area contributed by atoms with Crippen molar-refractivity contribution < 1.29 is 4.79 Å². The van der Waals surface area contributed by atoms with Gasteiger partial charge in [0.25, 0.3) is 0 Å². The molecule has 90 valence electrons. The van der Waals surface area contributed by atoms with Crippen LogP contribution in [0, 0.1) is 0 Å². The van der Waals surface area contributed by atoms with Crippen molar-refractivity contribution in [3.05, 3.63) is 47.5 Å². The van der Waals surface area contributed by atoms with Crippen molar-refractivity contribution in [2.24, 2.45) is 0 Å². The van der Waals surface area contributed by atoms with Gasteiger partial charge in [-0.05, 0) is 30.5 Å². The van der Waals surface area contributed by atoms with Crippen LogP contribution in [0.15, 0.2) is 36.9 Å². The molecule has 0 radical (unpaired) electrons. The first kappa shape index (κ1) is 12.0. The number of halogens is 1. The predicted molar refractivity (Wildman–Crippen MR) is 69.1 cm³/mol. The van der Waals surface area contributed by atoms with Gasteiger partial charge in [0.15, 0.2) is 0 Å². The van der Waals surface area contributed by atoms with Crippen LogP contribution in [0.3, 0.4) is 0 Å². The van der Waals surface area contributed by atoms with Gasteiger partial charge in [0.05, 0.1) is 5.54 Å². The van der Waals surface area contributed by atoms with E-state index < -0.39 is 0 Å². The number of carbonyl (C=O) groups is 1. The molecule has 1 aliphatic rings. The van der Waals surface area contributed by atoms with E-state index in [0.717, 1.165) is 18.4 Å². The molecule has 2 N–H and O–H groups in total. The summed E-state index contributed by atoms with van der Waals surface area (Å²) < 4.78 is 0. The molecular weight excluding hydrogens is 236 g/mol. The summed E-state index contributed by atoms with van der Waals surface area (Å²) in [6.45, 7) is 4.02. The first-order valence-electron chi connectivity index (χ1n) is 5.59. The van der Waals surface area contributed by atoms with Crippen molar-refractivity contribution in [3.63, 3.8) is 0 Å². The van der Waals surface area contributed by atoms with Crippen LogP contribution in [0.5, 0.6) is 0 Å². The molecule has 0 saturated heterocycles. The molecule has 3 nitrogen and oxygen atoms in total. The molecule has 0 bridgehead atoms. The zero-order valence-corrected chi connectivity index (χ0v) is 10.3. The SMILES string of the molecule is C=CCNC(=O)NC1(c2cccc(Cl)c2)CC1. The van der Waals surface area contributed by atoms with Crippen LogP contribution in [0.4, 0.5) is 4.79 Å². The molecule has 0 spiro atoms. The summed E-state index contributed by atoms with van der Waals surface area (Å²) in [5.74, 6) is 0. The maximum absolute atomic E-state index is 11.6. The molecule has 0 aliphatic heterocycles. The standard InChI is InChI=1S/C13H15ClN2O/c1-2-8-15-12(17)16-13(6-7-13)10-4-3-5-11(14)9-10/h2-5,9H,1,6-8H2,(H2,15,16,17). The van der Waals surface area contributed by atoms with Crippen molar-refractivity contribution in [1.82, 2.24) is 10.6 Å². The number of hydrogen-bond donors (Lipinski definition) is 2. The monoisotopic (exact) mass is 250 g/mol. The minimum Gasteiger partial charge on any atom is -0.335 e. The van der Waals surface area contributed by atoms with Crippen molar-refractivity contribution in [1.29, 1.82) is 0 Å². The number of rotatable bonds is 4. The lowest BCUT2D eigenvalue weighted by atomic mass is 10.1. The van der Waals surface area contributed by atoms with Gasteiger partial charge < -0.3 is 10.6 Å². The number of urea groups is 1. The molecule has 0 aromatic heterocycles. The van der Waals surface area contributed by atoms with E-state index in [1.807, 2.05) is 24.3 Å². The Hall–Kier alpha value is -1.48. The summed E-state index contributed by atoms with van der Waals surface area (Å²) in [4.78, 5) is 11.6. The summed E-state index contributed by atoms with van der Waals surface area (Å²) in [5.41, 5.74) is 0.842. The van der Waals surface area contributed by atoms with Gasteiger partial charge in [0, 0.05) is 11.6 Å². The molecule has 1 aliphatic carbocycles.